The quantitative estimate of drug-likeness (QED) is 0.643. The molecular weight excluding hydrogens is 369 g/mol. The fraction of sp³-hybridized carbons (Fsp3) is 1.00. The standard InChI is InChI=1S/C22H35F3O3/c1-19-8-9-21(28,22(23,24)25)11-14(19)3-5-15-16-6-4-13(7-10-26)20(16,2)12-17(27)18(15)19/h13-18,26-28H,3-12H2,1-2H3/t13-,14?,15+,16?,17?,18?,19?,20?,21+/m1/s1. The Morgan fingerprint density at radius 2 is 1.68 bits per heavy atom. The second-order valence-electron chi connectivity index (χ2n) is 10.9. The lowest BCUT2D eigenvalue weighted by Gasteiger charge is -2.63. The van der Waals surface area contributed by atoms with Crippen molar-refractivity contribution in [2.75, 3.05) is 6.61 Å². The molecule has 0 spiro atoms. The van der Waals surface area contributed by atoms with Crippen LogP contribution in [0.1, 0.15) is 71.6 Å². The second kappa shape index (κ2) is 6.58. The van der Waals surface area contributed by atoms with Crippen LogP contribution in [-0.2, 0) is 0 Å². The van der Waals surface area contributed by atoms with Crippen LogP contribution in [0.3, 0.4) is 0 Å². The molecule has 0 radical (unpaired) electrons. The number of hydrogen-bond donors (Lipinski definition) is 3. The second-order valence-corrected chi connectivity index (χ2v) is 10.9. The van der Waals surface area contributed by atoms with Gasteiger partial charge in [-0.3, -0.25) is 0 Å². The minimum atomic E-state index is -4.59. The van der Waals surface area contributed by atoms with E-state index in [2.05, 4.69) is 13.8 Å². The van der Waals surface area contributed by atoms with E-state index in [1.165, 1.54) is 0 Å². The van der Waals surface area contributed by atoms with Gasteiger partial charge in [0.2, 0.25) is 0 Å². The predicted molar refractivity (Wildman–Crippen MR) is 99.3 cm³/mol. The van der Waals surface area contributed by atoms with Crippen LogP contribution in [0, 0.1) is 40.4 Å². The average molecular weight is 405 g/mol. The summed E-state index contributed by atoms with van der Waals surface area (Å²) in [6.45, 7) is 4.52. The number of aliphatic hydroxyl groups is 3. The highest BCUT2D eigenvalue weighted by molar-refractivity contribution is 5.13. The molecule has 0 amide bonds. The van der Waals surface area contributed by atoms with E-state index in [0.29, 0.717) is 37.0 Å². The van der Waals surface area contributed by atoms with Crippen molar-refractivity contribution in [1.82, 2.24) is 0 Å². The van der Waals surface area contributed by atoms with Gasteiger partial charge >= 0.3 is 6.18 Å². The summed E-state index contributed by atoms with van der Waals surface area (Å²) in [5.74, 6) is 1.08. The highest BCUT2D eigenvalue weighted by Gasteiger charge is 2.66. The summed E-state index contributed by atoms with van der Waals surface area (Å²) >= 11 is 0. The third-order valence-electron chi connectivity index (χ3n) is 9.86. The van der Waals surface area contributed by atoms with Crippen molar-refractivity contribution >= 4 is 0 Å². The molecule has 3 nitrogen and oxygen atoms in total. The predicted octanol–water partition coefficient (Wildman–Crippen LogP) is 4.29. The Labute approximate surface area is 165 Å². The van der Waals surface area contributed by atoms with Crippen molar-refractivity contribution in [3.63, 3.8) is 0 Å². The molecule has 0 saturated heterocycles. The minimum absolute atomic E-state index is 0.0217. The van der Waals surface area contributed by atoms with Crippen LogP contribution in [-0.4, -0.2) is 39.8 Å². The molecule has 0 aromatic carbocycles. The topological polar surface area (TPSA) is 60.7 Å². The highest BCUT2D eigenvalue weighted by atomic mass is 19.4. The molecule has 4 aliphatic rings. The molecule has 4 fully saturated rings. The molecule has 0 aromatic rings. The molecule has 6 unspecified atom stereocenters. The van der Waals surface area contributed by atoms with Crippen molar-refractivity contribution in [2.45, 2.75) is 89.5 Å². The van der Waals surface area contributed by atoms with Gasteiger partial charge in [-0.2, -0.15) is 13.2 Å². The Hall–Kier alpha value is -0.330. The number of rotatable bonds is 2. The molecule has 0 bridgehead atoms. The van der Waals surface area contributed by atoms with Crippen molar-refractivity contribution in [2.24, 2.45) is 40.4 Å². The number of halogens is 3. The molecule has 28 heavy (non-hydrogen) atoms. The number of fused-ring (bicyclic) bond motifs is 5. The van der Waals surface area contributed by atoms with Crippen LogP contribution in [0.5, 0.6) is 0 Å². The summed E-state index contributed by atoms with van der Waals surface area (Å²) in [5, 5.41) is 31.0. The fourth-order valence-electron chi connectivity index (χ4n) is 8.36. The molecule has 4 rings (SSSR count). The van der Waals surface area contributed by atoms with Gasteiger partial charge in [0, 0.05) is 6.61 Å². The zero-order valence-electron chi connectivity index (χ0n) is 17.0. The smallest absolute Gasteiger partial charge is 0.396 e. The van der Waals surface area contributed by atoms with Gasteiger partial charge < -0.3 is 15.3 Å². The lowest BCUT2D eigenvalue weighted by molar-refractivity contribution is -0.293. The number of hydrogen-bond acceptors (Lipinski definition) is 3. The van der Waals surface area contributed by atoms with Gasteiger partial charge in [0.25, 0.3) is 0 Å². The Kier molecular flexibility index (Phi) is 4.92. The summed E-state index contributed by atoms with van der Waals surface area (Å²) in [7, 11) is 0. The Morgan fingerprint density at radius 3 is 2.32 bits per heavy atom. The van der Waals surface area contributed by atoms with Gasteiger partial charge in [0.1, 0.15) is 0 Å². The first-order valence-electron chi connectivity index (χ1n) is 11.0. The maximum atomic E-state index is 13.4. The molecule has 0 heterocycles. The largest absolute Gasteiger partial charge is 0.417 e. The normalized spacial score (nSPS) is 54.0. The van der Waals surface area contributed by atoms with Gasteiger partial charge in [-0.05, 0) is 98.2 Å². The van der Waals surface area contributed by atoms with Crippen LogP contribution >= 0.6 is 0 Å². The zero-order valence-corrected chi connectivity index (χ0v) is 17.0. The maximum absolute atomic E-state index is 13.4. The SMILES string of the molecule is CC12CC[C@@](O)(C(F)(F)F)CC1CC[C@@H]1C2C(O)CC2(C)C1CC[C@@H]2CCO. The summed E-state index contributed by atoms with van der Waals surface area (Å²) in [6.07, 6.45) is -0.0451. The first-order valence-corrected chi connectivity index (χ1v) is 11.0. The van der Waals surface area contributed by atoms with E-state index in [0.717, 1.165) is 25.7 Å². The molecule has 4 aliphatic carbocycles. The molecule has 162 valence electrons. The van der Waals surface area contributed by atoms with Gasteiger partial charge in [-0.1, -0.05) is 13.8 Å². The Morgan fingerprint density at radius 1 is 0.964 bits per heavy atom. The lowest BCUT2D eigenvalue weighted by atomic mass is 9.43. The van der Waals surface area contributed by atoms with E-state index in [9.17, 15) is 28.5 Å². The van der Waals surface area contributed by atoms with E-state index in [1.807, 2.05) is 0 Å². The summed E-state index contributed by atoms with van der Waals surface area (Å²) in [6, 6.07) is 0. The summed E-state index contributed by atoms with van der Waals surface area (Å²) in [4.78, 5) is 0. The third kappa shape index (κ3) is 2.80. The Bertz CT molecular complexity index is 610. The molecule has 4 saturated carbocycles. The minimum Gasteiger partial charge on any atom is -0.396 e. The van der Waals surface area contributed by atoms with Gasteiger partial charge in [0.15, 0.2) is 5.60 Å². The van der Waals surface area contributed by atoms with Crippen LogP contribution in [0.2, 0.25) is 0 Å². The summed E-state index contributed by atoms with van der Waals surface area (Å²) < 4.78 is 40.3. The fourth-order valence-corrected chi connectivity index (χ4v) is 8.36. The van der Waals surface area contributed by atoms with Crippen molar-refractivity contribution in [1.29, 1.82) is 0 Å². The first kappa shape index (κ1) is 20.9. The highest BCUT2D eigenvalue weighted by Crippen LogP contribution is 2.68. The first-order chi connectivity index (χ1) is 13.0. The van der Waals surface area contributed by atoms with Gasteiger partial charge in [-0.15, -0.1) is 0 Å². The average Bonchev–Trinajstić information content (AvgIpc) is 2.91. The zero-order chi connectivity index (χ0) is 20.5. The summed E-state index contributed by atoms with van der Waals surface area (Å²) in [5.41, 5.74) is -2.89. The molecule has 0 aromatic heterocycles. The molecule has 3 N–H and O–H groups in total. The monoisotopic (exact) mass is 404 g/mol. The van der Waals surface area contributed by atoms with E-state index < -0.39 is 17.9 Å². The van der Waals surface area contributed by atoms with Gasteiger partial charge in [0.05, 0.1) is 6.10 Å². The third-order valence-corrected chi connectivity index (χ3v) is 9.86. The van der Waals surface area contributed by atoms with Crippen LogP contribution in [0.15, 0.2) is 0 Å². The van der Waals surface area contributed by atoms with E-state index in [4.69, 9.17) is 0 Å². The van der Waals surface area contributed by atoms with Crippen LogP contribution in [0.4, 0.5) is 13.2 Å². The van der Waals surface area contributed by atoms with E-state index in [1.54, 1.807) is 0 Å². The molecular formula is C22H35F3O3. The maximum Gasteiger partial charge on any atom is 0.417 e. The van der Waals surface area contributed by atoms with Crippen LogP contribution in [0.25, 0.3) is 0 Å². The van der Waals surface area contributed by atoms with E-state index >= 15 is 0 Å². The van der Waals surface area contributed by atoms with Crippen molar-refractivity contribution < 1.29 is 28.5 Å². The van der Waals surface area contributed by atoms with Gasteiger partial charge in [-0.25, -0.2) is 0 Å². The van der Waals surface area contributed by atoms with Crippen molar-refractivity contribution in [3.8, 4) is 0 Å². The number of aliphatic hydroxyl groups excluding tert-OH is 2. The van der Waals surface area contributed by atoms with E-state index in [-0.39, 0.29) is 42.1 Å². The number of alkyl halides is 3. The molecule has 0 aliphatic heterocycles. The Balaban J connectivity index is 1.61. The molecule has 9 atom stereocenters. The van der Waals surface area contributed by atoms with Crippen molar-refractivity contribution in [3.05, 3.63) is 0 Å². The van der Waals surface area contributed by atoms with Crippen LogP contribution < -0.4 is 0 Å². The molecule has 6 heteroatoms. The lowest BCUT2D eigenvalue weighted by Crippen LogP contribution is -2.62.